The maximum Gasteiger partial charge on any atom is 0.123 e. The summed E-state index contributed by atoms with van der Waals surface area (Å²) in [4.78, 5) is 0. The maximum atomic E-state index is 9.35. The summed E-state index contributed by atoms with van der Waals surface area (Å²) in [5.41, 5.74) is 0. The largest absolute Gasteiger partial charge is 0.468 e. The summed E-state index contributed by atoms with van der Waals surface area (Å²) in [5.74, 6) is 0.817. The van der Waals surface area contributed by atoms with E-state index in [9.17, 15) is 5.11 Å². The highest BCUT2D eigenvalue weighted by molar-refractivity contribution is 5.04. The van der Waals surface area contributed by atoms with Gasteiger partial charge in [-0.15, -0.1) is 0 Å². The normalized spacial score (nSPS) is 14.9. The molecule has 0 bridgehead atoms. The fourth-order valence-electron chi connectivity index (χ4n) is 1.85. The molecule has 0 aliphatic rings. The minimum atomic E-state index is -0.0724. The molecule has 0 fully saturated rings. The number of aliphatic hydroxyl groups is 1. The molecule has 0 saturated heterocycles. The molecule has 3 heteroatoms. The zero-order chi connectivity index (χ0) is 11.8. The van der Waals surface area contributed by atoms with Crippen LogP contribution in [0, 0.1) is 0 Å². The van der Waals surface area contributed by atoms with Gasteiger partial charge in [-0.25, -0.2) is 0 Å². The average Bonchev–Trinajstić information content (AvgIpc) is 2.83. The average molecular weight is 225 g/mol. The summed E-state index contributed by atoms with van der Waals surface area (Å²) in [6.45, 7) is 4.45. The monoisotopic (exact) mass is 225 g/mol. The molecule has 2 unspecified atom stereocenters. The lowest BCUT2D eigenvalue weighted by Gasteiger charge is -2.22. The van der Waals surface area contributed by atoms with E-state index in [2.05, 4.69) is 19.2 Å². The smallest absolute Gasteiger partial charge is 0.123 e. The van der Waals surface area contributed by atoms with Crippen LogP contribution in [-0.2, 0) is 0 Å². The van der Waals surface area contributed by atoms with Gasteiger partial charge in [-0.2, -0.15) is 0 Å². The van der Waals surface area contributed by atoms with Crippen molar-refractivity contribution in [2.24, 2.45) is 0 Å². The number of hydrogen-bond acceptors (Lipinski definition) is 3. The van der Waals surface area contributed by atoms with Crippen molar-refractivity contribution in [3.05, 3.63) is 24.2 Å². The van der Waals surface area contributed by atoms with Crippen LogP contribution in [-0.4, -0.2) is 17.8 Å². The number of furan rings is 1. The molecule has 2 N–H and O–H groups in total. The maximum absolute atomic E-state index is 9.35. The van der Waals surface area contributed by atoms with E-state index < -0.39 is 0 Å². The van der Waals surface area contributed by atoms with E-state index in [-0.39, 0.29) is 12.6 Å². The molecule has 16 heavy (non-hydrogen) atoms. The molecule has 0 amide bonds. The van der Waals surface area contributed by atoms with Crippen LogP contribution < -0.4 is 5.32 Å². The molecule has 0 spiro atoms. The Kier molecular flexibility index (Phi) is 6.19. The third kappa shape index (κ3) is 3.99. The van der Waals surface area contributed by atoms with Crippen LogP contribution >= 0.6 is 0 Å². The molecule has 3 nitrogen and oxygen atoms in total. The molecule has 1 rings (SSSR count). The van der Waals surface area contributed by atoms with E-state index in [1.54, 1.807) is 6.26 Å². The highest BCUT2D eigenvalue weighted by atomic mass is 16.3. The highest BCUT2D eigenvalue weighted by Crippen LogP contribution is 2.16. The summed E-state index contributed by atoms with van der Waals surface area (Å²) in [6.07, 6.45) is 6.32. The van der Waals surface area contributed by atoms with Crippen LogP contribution in [0.5, 0.6) is 0 Å². The summed E-state index contributed by atoms with van der Waals surface area (Å²) >= 11 is 0. The third-order valence-electron chi connectivity index (χ3n) is 2.91. The predicted octanol–water partition coefficient (Wildman–Crippen LogP) is 2.87. The van der Waals surface area contributed by atoms with Gasteiger partial charge in [0.15, 0.2) is 0 Å². The topological polar surface area (TPSA) is 45.4 Å². The van der Waals surface area contributed by atoms with Crippen LogP contribution in [0.3, 0.4) is 0 Å². The molecule has 0 aliphatic heterocycles. The van der Waals surface area contributed by atoms with Gasteiger partial charge in [-0.05, 0) is 25.0 Å². The molecular formula is C13H23NO2. The van der Waals surface area contributed by atoms with Gasteiger partial charge in [0.25, 0.3) is 0 Å². The number of aliphatic hydroxyl groups excluding tert-OH is 1. The van der Waals surface area contributed by atoms with Crippen LogP contribution in [0.4, 0.5) is 0 Å². The number of rotatable bonds is 8. The Morgan fingerprint density at radius 1 is 1.44 bits per heavy atom. The molecule has 1 heterocycles. The number of nitrogens with one attached hydrogen (secondary N) is 1. The number of unbranched alkanes of at least 4 members (excludes halogenated alkanes) is 1. The van der Waals surface area contributed by atoms with E-state index >= 15 is 0 Å². The molecule has 1 aromatic heterocycles. The molecule has 1 aromatic rings. The van der Waals surface area contributed by atoms with Crippen molar-refractivity contribution in [2.45, 2.75) is 51.6 Å². The molecule has 92 valence electrons. The number of hydrogen-bond donors (Lipinski definition) is 2. The van der Waals surface area contributed by atoms with Crippen LogP contribution in [0.25, 0.3) is 0 Å². The van der Waals surface area contributed by atoms with E-state index in [1.165, 1.54) is 12.8 Å². The first-order valence-electron chi connectivity index (χ1n) is 6.22. The second kappa shape index (κ2) is 7.47. The Bertz CT molecular complexity index is 259. The Morgan fingerprint density at radius 3 is 2.75 bits per heavy atom. The highest BCUT2D eigenvalue weighted by Gasteiger charge is 2.16. The van der Waals surface area contributed by atoms with Crippen molar-refractivity contribution >= 4 is 0 Å². The molecule has 0 saturated carbocycles. The van der Waals surface area contributed by atoms with E-state index in [4.69, 9.17) is 4.42 Å². The van der Waals surface area contributed by atoms with E-state index in [0.29, 0.717) is 6.04 Å². The second-order valence-electron chi connectivity index (χ2n) is 4.16. The van der Waals surface area contributed by atoms with E-state index in [1.807, 2.05) is 12.1 Å². The molecule has 0 aliphatic carbocycles. The van der Waals surface area contributed by atoms with Crippen molar-refractivity contribution in [3.63, 3.8) is 0 Å². The Hall–Kier alpha value is -0.800. The molecular weight excluding hydrogens is 202 g/mol. The lowest BCUT2D eigenvalue weighted by molar-refractivity contribution is 0.210. The van der Waals surface area contributed by atoms with Crippen molar-refractivity contribution in [3.8, 4) is 0 Å². The SMILES string of the molecule is CCCCC(CC)NC(CO)c1ccco1. The Morgan fingerprint density at radius 2 is 2.25 bits per heavy atom. The van der Waals surface area contributed by atoms with Gasteiger partial charge in [0.05, 0.1) is 18.9 Å². The van der Waals surface area contributed by atoms with Gasteiger partial charge in [0.2, 0.25) is 0 Å². The molecule has 2 atom stereocenters. The summed E-state index contributed by atoms with van der Waals surface area (Å²) < 4.78 is 5.31. The van der Waals surface area contributed by atoms with E-state index in [0.717, 1.165) is 18.6 Å². The molecule has 0 radical (unpaired) electrons. The van der Waals surface area contributed by atoms with Gasteiger partial charge < -0.3 is 14.8 Å². The summed E-state index contributed by atoms with van der Waals surface area (Å²) in [6, 6.07) is 4.15. The Labute approximate surface area is 97.9 Å². The van der Waals surface area contributed by atoms with Gasteiger partial charge in [0.1, 0.15) is 5.76 Å². The first-order valence-corrected chi connectivity index (χ1v) is 6.22. The first kappa shape index (κ1) is 13.3. The van der Waals surface area contributed by atoms with Gasteiger partial charge >= 0.3 is 0 Å². The van der Waals surface area contributed by atoms with Gasteiger partial charge in [0, 0.05) is 6.04 Å². The third-order valence-corrected chi connectivity index (χ3v) is 2.91. The first-order chi connectivity index (χ1) is 7.81. The molecule has 0 aromatic carbocycles. The standard InChI is InChI=1S/C13H23NO2/c1-3-5-7-11(4-2)14-12(10-15)13-8-6-9-16-13/h6,8-9,11-12,14-15H,3-5,7,10H2,1-2H3. The van der Waals surface area contributed by atoms with Crippen molar-refractivity contribution in [1.82, 2.24) is 5.32 Å². The fraction of sp³-hybridized carbons (Fsp3) is 0.692. The summed E-state index contributed by atoms with van der Waals surface area (Å²) in [5, 5.41) is 12.8. The predicted molar refractivity (Wildman–Crippen MR) is 65.3 cm³/mol. The minimum absolute atomic E-state index is 0.0724. The van der Waals surface area contributed by atoms with Gasteiger partial charge in [-0.1, -0.05) is 26.7 Å². The zero-order valence-corrected chi connectivity index (χ0v) is 10.3. The zero-order valence-electron chi connectivity index (χ0n) is 10.3. The van der Waals surface area contributed by atoms with Crippen LogP contribution in [0.1, 0.15) is 51.3 Å². The minimum Gasteiger partial charge on any atom is -0.468 e. The van der Waals surface area contributed by atoms with Crippen molar-refractivity contribution in [1.29, 1.82) is 0 Å². The fourth-order valence-corrected chi connectivity index (χ4v) is 1.85. The summed E-state index contributed by atoms with van der Waals surface area (Å²) in [7, 11) is 0. The second-order valence-corrected chi connectivity index (χ2v) is 4.16. The van der Waals surface area contributed by atoms with Crippen LogP contribution in [0.15, 0.2) is 22.8 Å². The van der Waals surface area contributed by atoms with Crippen LogP contribution in [0.2, 0.25) is 0 Å². The quantitative estimate of drug-likeness (QED) is 0.715. The van der Waals surface area contributed by atoms with Gasteiger partial charge in [-0.3, -0.25) is 0 Å². The lowest BCUT2D eigenvalue weighted by atomic mass is 10.1. The lowest BCUT2D eigenvalue weighted by Crippen LogP contribution is -2.34. The van der Waals surface area contributed by atoms with Crippen molar-refractivity contribution in [2.75, 3.05) is 6.61 Å². The van der Waals surface area contributed by atoms with Crippen molar-refractivity contribution < 1.29 is 9.52 Å². The Balaban J connectivity index is 2.47.